The van der Waals surface area contributed by atoms with Crippen LogP contribution in [0, 0.1) is 0 Å². The zero-order valence-corrected chi connectivity index (χ0v) is 15.9. The van der Waals surface area contributed by atoms with Crippen LogP contribution in [-0.2, 0) is 4.74 Å². The van der Waals surface area contributed by atoms with Gasteiger partial charge in [0, 0.05) is 5.56 Å². The van der Waals surface area contributed by atoms with E-state index < -0.39 is 5.97 Å². The Morgan fingerprint density at radius 3 is 2.29 bits per heavy atom. The number of fused-ring (bicyclic) bond motifs is 1. The molecule has 7 nitrogen and oxygen atoms in total. The van der Waals surface area contributed by atoms with E-state index in [-0.39, 0.29) is 18.0 Å². The van der Waals surface area contributed by atoms with E-state index in [1.165, 1.54) is 0 Å². The number of rotatable bonds is 8. The highest BCUT2D eigenvalue weighted by atomic mass is 16.6. The summed E-state index contributed by atoms with van der Waals surface area (Å²) in [5, 5.41) is 0. The highest BCUT2D eigenvalue weighted by molar-refractivity contribution is 6.00. The summed E-state index contributed by atoms with van der Waals surface area (Å²) in [4.78, 5) is 24.7. The first-order chi connectivity index (χ1) is 13.6. The summed E-state index contributed by atoms with van der Waals surface area (Å²) in [7, 11) is 0. The summed E-state index contributed by atoms with van der Waals surface area (Å²) < 4.78 is 27.0. The largest absolute Gasteiger partial charge is 0.490 e. The first-order valence-corrected chi connectivity index (χ1v) is 9.12. The van der Waals surface area contributed by atoms with Gasteiger partial charge >= 0.3 is 5.97 Å². The lowest BCUT2D eigenvalue weighted by Gasteiger charge is -2.18. The summed E-state index contributed by atoms with van der Waals surface area (Å²) >= 11 is 0. The van der Waals surface area contributed by atoms with Crippen molar-refractivity contribution in [1.82, 2.24) is 0 Å². The molecule has 0 amide bonds. The van der Waals surface area contributed by atoms with Crippen molar-refractivity contribution in [2.75, 3.05) is 33.0 Å². The van der Waals surface area contributed by atoms with Crippen molar-refractivity contribution in [3.05, 3.63) is 47.5 Å². The third-order valence-electron chi connectivity index (χ3n) is 3.98. The van der Waals surface area contributed by atoms with Gasteiger partial charge in [0.1, 0.15) is 13.2 Å². The van der Waals surface area contributed by atoms with E-state index in [0.29, 0.717) is 55.0 Å². The lowest BCUT2D eigenvalue weighted by molar-refractivity contribution is 0.0474. The third kappa shape index (κ3) is 4.54. The summed E-state index contributed by atoms with van der Waals surface area (Å²) in [5.74, 6) is 1.16. The van der Waals surface area contributed by atoms with Crippen LogP contribution in [-0.4, -0.2) is 44.8 Å². The normalized spacial score (nSPS) is 12.2. The number of ether oxygens (including phenoxy) is 5. The van der Waals surface area contributed by atoms with Gasteiger partial charge in [-0.2, -0.15) is 0 Å². The van der Waals surface area contributed by atoms with E-state index in [1.54, 1.807) is 36.4 Å². The van der Waals surface area contributed by atoms with E-state index >= 15 is 0 Å². The molecule has 28 heavy (non-hydrogen) atoms. The highest BCUT2D eigenvalue weighted by Gasteiger charge is 2.18. The second-order valence-electron chi connectivity index (χ2n) is 5.89. The molecule has 0 saturated carbocycles. The molecular weight excluding hydrogens is 364 g/mol. The van der Waals surface area contributed by atoms with Crippen LogP contribution in [0.1, 0.15) is 34.6 Å². The topological polar surface area (TPSA) is 80.3 Å². The van der Waals surface area contributed by atoms with E-state index in [4.69, 9.17) is 23.7 Å². The maximum absolute atomic E-state index is 12.4. The molecule has 0 fully saturated rings. The van der Waals surface area contributed by atoms with Crippen LogP contribution in [0.3, 0.4) is 0 Å². The summed E-state index contributed by atoms with van der Waals surface area (Å²) in [6, 6.07) is 9.65. The lowest BCUT2D eigenvalue weighted by Crippen LogP contribution is -2.17. The maximum Gasteiger partial charge on any atom is 0.338 e. The van der Waals surface area contributed by atoms with Gasteiger partial charge in [-0.1, -0.05) is 0 Å². The smallest absolute Gasteiger partial charge is 0.338 e. The van der Waals surface area contributed by atoms with Crippen LogP contribution in [0.15, 0.2) is 36.4 Å². The number of hydrogen-bond donors (Lipinski definition) is 0. The minimum atomic E-state index is -0.616. The van der Waals surface area contributed by atoms with E-state index in [9.17, 15) is 9.59 Å². The Balaban J connectivity index is 1.65. The van der Waals surface area contributed by atoms with Gasteiger partial charge in [-0.3, -0.25) is 4.79 Å². The van der Waals surface area contributed by atoms with Crippen molar-refractivity contribution >= 4 is 11.8 Å². The fraction of sp³-hybridized carbons (Fsp3) is 0.333. The van der Waals surface area contributed by atoms with Gasteiger partial charge in [0.25, 0.3) is 0 Å². The molecule has 148 valence electrons. The molecule has 0 N–H and O–H groups in total. The Morgan fingerprint density at radius 1 is 0.857 bits per heavy atom. The quantitative estimate of drug-likeness (QED) is 0.509. The average Bonchev–Trinajstić information content (AvgIpc) is 2.73. The number of carbonyl (C=O) groups excluding carboxylic acids is 2. The van der Waals surface area contributed by atoms with Crippen molar-refractivity contribution in [2.45, 2.75) is 13.8 Å². The van der Waals surface area contributed by atoms with Gasteiger partial charge in [-0.15, -0.1) is 0 Å². The molecule has 1 heterocycles. The van der Waals surface area contributed by atoms with Crippen LogP contribution < -0.4 is 18.9 Å². The second kappa shape index (κ2) is 9.12. The molecule has 0 bridgehead atoms. The number of esters is 1. The van der Waals surface area contributed by atoms with Crippen molar-refractivity contribution in [3.63, 3.8) is 0 Å². The van der Waals surface area contributed by atoms with Crippen LogP contribution >= 0.6 is 0 Å². The van der Waals surface area contributed by atoms with Gasteiger partial charge in [-0.25, -0.2) is 4.79 Å². The van der Waals surface area contributed by atoms with Crippen LogP contribution in [0.25, 0.3) is 0 Å². The predicted octanol–water partition coefficient (Wildman–Crippen LogP) is 3.29. The summed E-state index contributed by atoms with van der Waals surface area (Å²) in [6.07, 6.45) is 0. The molecule has 2 aromatic rings. The lowest BCUT2D eigenvalue weighted by atomic mass is 10.1. The summed E-state index contributed by atoms with van der Waals surface area (Å²) in [5.41, 5.74) is 0.667. The Hall–Kier alpha value is -3.22. The highest BCUT2D eigenvalue weighted by Crippen LogP contribution is 2.31. The average molecular weight is 386 g/mol. The van der Waals surface area contributed by atoms with Crippen molar-refractivity contribution in [1.29, 1.82) is 0 Å². The molecule has 0 aliphatic carbocycles. The molecule has 1 aliphatic rings. The molecule has 0 radical (unpaired) electrons. The molecule has 0 saturated heterocycles. The minimum absolute atomic E-state index is 0.280. The Bertz CT molecular complexity index is 860. The fourth-order valence-corrected chi connectivity index (χ4v) is 2.69. The van der Waals surface area contributed by atoms with E-state index in [1.807, 2.05) is 13.8 Å². The molecule has 0 unspecified atom stereocenters. The molecule has 0 aromatic heterocycles. The molecule has 1 aliphatic heterocycles. The number of ketones is 1. The number of carbonyl (C=O) groups is 2. The van der Waals surface area contributed by atoms with Gasteiger partial charge in [0.2, 0.25) is 0 Å². The molecular formula is C21H22O7. The van der Waals surface area contributed by atoms with Crippen molar-refractivity contribution < 1.29 is 33.3 Å². The number of Topliss-reactive ketones (excluding diaryl/α,β-unsaturated/α-hetero) is 1. The SMILES string of the molecule is CCOc1ccc(C(=O)OCC(=O)c2ccc3c(c2)OCCO3)cc1OCC. The Labute approximate surface area is 163 Å². The van der Waals surface area contributed by atoms with Crippen LogP contribution in [0.2, 0.25) is 0 Å². The minimum Gasteiger partial charge on any atom is -0.490 e. The molecule has 0 atom stereocenters. The number of benzene rings is 2. The van der Waals surface area contributed by atoms with Crippen LogP contribution in [0.4, 0.5) is 0 Å². The Kier molecular flexibility index (Phi) is 6.37. The van der Waals surface area contributed by atoms with E-state index in [0.717, 1.165) is 0 Å². The number of hydrogen-bond acceptors (Lipinski definition) is 7. The zero-order valence-electron chi connectivity index (χ0n) is 15.9. The van der Waals surface area contributed by atoms with Gasteiger partial charge in [-0.05, 0) is 50.2 Å². The Morgan fingerprint density at radius 2 is 1.54 bits per heavy atom. The fourth-order valence-electron chi connectivity index (χ4n) is 2.69. The monoisotopic (exact) mass is 386 g/mol. The van der Waals surface area contributed by atoms with Crippen molar-refractivity contribution in [3.8, 4) is 23.0 Å². The van der Waals surface area contributed by atoms with Gasteiger partial charge in [0.15, 0.2) is 35.4 Å². The molecule has 2 aromatic carbocycles. The second-order valence-corrected chi connectivity index (χ2v) is 5.89. The van der Waals surface area contributed by atoms with Gasteiger partial charge < -0.3 is 23.7 Å². The zero-order chi connectivity index (χ0) is 19.9. The first kappa shape index (κ1) is 19.5. The van der Waals surface area contributed by atoms with Crippen molar-refractivity contribution in [2.24, 2.45) is 0 Å². The van der Waals surface area contributed by atoms with Gasteiger partial charge in [0.05, 0.1) is 18.8 Å². The standard InChI is InChI=1S/C21H22O7/c1-3-24-17-8-6-15(12-19(17)25-4-2)21(23)28-13-16(22)14-5-7-18-20(11-14)27-10-9-26-18/h5-8,11-12H,3-4,9-10,13H2,1-2H3. The molecule has 7 heteroatoms. The maximum atomic E-state index is 12.4. The molecule has 3 rings (SSSR count). The van der Waals surface area contributed by atoms with Crippen LogP contribution in [0.5, 0.6) is 23.0 Å². The summed E-state index contributed by atoms with van der Waals surface area (Å²) in [6.45, 7) is 5.14. The van der Waals surface area contributed by atoms with E-state index in [2.05, 4.69) is 0 Å². The predicted molar refractivity (Wildman–Crippen MR) is 101 cm³/mol. The molecule has 0 spiro atoms. The first-order valence-electron chi connectivity index (χ1n) is 9.12. The third-order valence-corrected chi connectivity index (χ3v) is 3.98.